The fourth-order valence-electron chi connectivity index (χ4n) is 4.26. The highest BCUT2D eigenvalue weighted by atomic mass is 35.5. The van der Waals surface area contributed by atoms with Gasteiger partial charge in [-0.3, -0.25) is 9.20 Å². The van der Waals surface area contributed by atoms with Crippen molar-refractivity contribution in [2.45, 2.75) is 31.7 Å². The molecule has 2 heterocycles. The Morgan fingerprint density at radius 2 is 1.97 bits per heavy atom. The molecule has 5 rings (SSSR count). The van der Waals surface area contributed by atoms with Gasteiger partial charge >= 0.3 is 0 Å². The highest BCUT2D eigenvalue weighted by molar-refractivity contribution is 5.97. The molecule has 1 aliphatic carbocycles. The van der Waals surface area contributed by atoms with Crippen LogP contribution in [0.4, 0.5) is 20.3 Å². The van der Waals surface area contributed by atoms with E-state index in [1.165, 1.54) is 25.4 Å². The summed E-state index contributed by atoms with van der Waals surface area (Å²) in [6, 6.07) is 8.28. The molecule has 1 fully saturated rings. The molecule has 2 aromatic heterocycles. The first-order chi connectivity index (χ1) is 17.4. The van der Waals surface area contributed by atoms with E-state index in [-0.39, 0.29) is 35.2 Å². The highest BCUT2D eigenvalue weighted by Gasteiger charge is 2.42. The van der Waals surface area contributed by atoms with Gasteiger partial charge in [0.15, 0.2) is 23.0 Å². The van der Waals surface area contributed by atoms with Crippen LogP contribution in [-0.4, -0.2) is 39.5 Å². The lowest BCUT2D eigenvalue weighted by Crippen LogP contribution is -2.42. The van der Waals surface area contributed by atoms with Crippen molar-refractivity contribution in [1.82, 2.24) is 19.7 Å². The van der Waals surface area contributed by atoms with E-state index < -0.39 is 11.6 Å². The quantitative estimate of drug-likeness (QED) is 0.308. The fourth-order valence-corrected chi connectivity index (χ4v) is 4.26. The minimum Gasteiger partial charge on any atom is -0.494 e. The van der Waals surface area contributed by atoms with Gasteiger partial charge in [-0.15, -0.1) is 12.4 Å². The molecule has 8 nitrogen and oxygen atoms in total. The number of carbonyl (C=O) groups excluding carboxylic acids is 1. The molecular weight excluding hydrogens is 502 g/mol. The molecule has 1 saturated carbocycles. The Labute approximate surface area is 218 Å². The van der Waals surface area contributed by atoms with E-state index >= 15 is 0 Å². The van der Waals surface area contributed by atoms with Crippen molar-refractivity contribution < 1.29 is 18.3 Å². The third kappa shape index (κ3) is 4.82. The van der Waals surface area contributed by atoms with Crippen LogP contribution >= 0.6 is 12.4 Å². The monoisotopic (exact) mass is 528 g/mol. The summed E-state index contributed by atoms with van der Waals surface area (Å²) in [5, 5.41) is 6.29. The first kappa shape index (κ1) is 26.3. The molecule has 4 N–H and O–H groups in total. The third-order valence-electron chi connectivity index (χ3n) is 6.59. The Morgan fingerprint density at radius 1 is 1.19 bits per heavy atom. The van der Waals surface area contributed by atoms with E-state index in [4.69, 9.17) is 10.5 Å². The SMILES string of the molecule is CCc1cc(Nc2nccn3c(-c4ccc(OC)c(F)c4F)cnc23)ccc1C(=O)NC1(CN)CC1.Cl. The van der Waals surface area contributed by atoms with Crippen LogP contribution in [-0.2, 0) is 6.42 Å². The summed E-state index contributed by atoms with van der Waals surface area (Å²) in [7, 11) is 1.28. The van der Waals surface area contributed by atoms with Crippen LogP contribution in [0.25, 0.3) is 16.9 Å². The van der Waals surface area contributed by atoms with Crippen LogP contribution < -0.4 is 21.1 Å². The van der Waals surface area contributed by atoms with Crippen LogP contribution in [0, 0.1) is 11.6 Å². The summed E-state index contributed by atoms with van der Waals surface area (Å²) >= 11 is 0. The van der Waals surface area contributed by atoms with E-state index in [0.29, 0.717) is 35.7 Å². The first-order valence-electron chi connectivity index (χ1n) is 11.7. The molecule has 194 valence electrons. The Morgan fingerprint density at radius 3 is 2.65 bits per heavy atom. The van der Waals surface area contributed by atoms with Crippen molar-refractivity contribution in [3.05, 3.63) is 71.7 Å². The number of methoxy groups -OCH3 is 1. The zero-order valence-electron chi connectivity index (χ0n) is 20.3. The number of nitrogens with zero attached hydrogens (tertiary/aromatic N) is 3. The number of hydrogen-bond acceptors (Lipinski definition) is 6. The van der Waals surface area contributed by atoms with Gasteiger partial charge in [-0.2, -0.15) is 4.39 Å². The minimum absolute atomic E-state index is 0. The van der Waals surface area contributed by atoms with Gasteiger partial charge in [0.1, 0.15) is 0 Å². The fraction of sp³-hybridized carbons (Fsp3) is 0.269. The number of aryl methyl sites for hydroxylation is 1. The Hall–Kier alpha value is -3.76. The molecule has 11 heteroatoms. The lowest BCUT2D eigenvalue weighted by Gasteiger charge is -2.17. The Balaban J connectivity index is 0.00000320. The number of carbonyl (C=O) groups is 1. The van der Waals surface area contributed by atoms with Crippen molar-refractivity contribution in [2.75, 3.05) is 19.0 Å². The van der Waals surface area contributed by atoms with Crippen molar-refractivity contribution >= 4 is 35.5 Å². The van der Waals surface area contributed by atoms with Crippen LogP contribution in [0.5, 0.6) is 5.75 Å². The summed E-state index contributed by atoms with van der Waals surface area (Å²) in [6.45, 7) is 2.41. The standard InChI is InChI=1S/C26H26F2N6O2.ClH/c1-3-15-12-16(4-5-17(15)25(35)33-26(14-29)8-9-26)32-23-24-31-13-19(34(24)11-10-30-23)18-6-7-20(36-2)22(28)21(18)27;/h4-7,10-13H,3,8-9,14,29H2,1-2H3,(H,30,32)(H,33,35);1H. The van der Waals surface area contributed by atoms with Gasteiger partial charge in [-0.1, -0.05) is 6.92 Å². The number of anilines is 2. The summed E-state index contributed by atoms with van der Waals surface area (Å²) < 4.78 is 35.5. The van der Waals surface area contributed by atoms with Gasteiger partial charge in [0, 0.05) is 35.8 Å². The summed E-state index contributed by atoms with van der Waals surface area (Å²) in [5.74, 6) is -1.96. The predicted molar refractivity (Wildman–Crippen MR) is 140 cm³/mol. The molecule has 1 amide bonds. The van der Waals surface area contributed by atoms with Crippen LogP contribution in [0.2, 0.25) is 0 Å². The number of nitrogens with one attached hydrogen (secondary N) is 2. The second-order valence-corrected chi connectivity index (χ2v) is 8.85. The molecule has 2 aromatic carbocycles. The number of rotatable bonds is 8. The van der Waals surface area contributed by atoms with Crippen molar-refractivity contribution in [3.8, 4) is 17.0 Å². The number of amides is 1. The second-order valence-electron chi connectivity index (χ2n) is 8.85. The second kappa shape index (κ2) is 10.3. The minimum atomic E-state index is -1.06. The number of nitrogens with two attached hydrogens (primary N) is 1. The maximum atomic E-state index is 14.7. The number of aromatic nitrogens is 3. The maximum Gasteiger partial charge on any atom is 0.252 e. The number of fused-ring (bicyclic) bond motifs is 1. The smallest absolute Gasteiger partial charge is 0.252 e. The van der Waals surface area contributed by atoms with E-state index in [0.717, 1.165) is 24.1 Å². The van der Waals surface area contributed by atoms with Crippen LogP contribution in [0.15, 0.2) is 48.9 Å². The average Bonchev–Trinajstić information content (AvgIpc) is 3.53. The number of benzene rings is 2. The molecule has 0 atom stereocenters. The number of hydrogen-bond donors (Lipinski definition) is 3. The van der Waals surface area contributed by atoms with Crippen LogP contribution in [0.3, 0.4) is 0 Å². The first-order valence-corrected chi connectivity index (χ1v) is 11.7. The lowest BCUT2D eigenvalue weighted by molar-refractivity contribution is 0.0932. The molecule has 1 aliphatic rings. The lowest BCUT2D eigenvalue weighted by atomic mass is 10.0. The van der Waals surface area contributed by atoms with Gasteiger partial charge in [0.05, 0.1) is 24.5 Å². The highest BCUT2D eigenvalue weighted by Crippen LogP contribution is 2.35. The number of ether oxygens (including phenoxy) is 1. The largest absolute Gasteiger partial charge is 0.494 e. The predicted octanol–water partition coefficient (Wildman–Crippen LogP) is 4.63. The van der Waals surface area contributed by atoms with Gasteiger partial charge in [-0.05, 0) is 55.2 Å². The van der Waals surface area contributed by atoms with E-state index in [1.807, 2.05) is 13.0 Å². The summed E-state index contributed by atoms with van der Waals surface area (Å²) in [5.41, 5.74) is 8.57. The molecule has 0 aliphatic heterocycles. The van der Waals surface area contributed by atoms with E-state index in [9.17, 15) is 13.6 Å². The molecule has 37 heavy (non-hydrogen) atoms. The Kier molecular flexibility index (Phi) is 7.33. The summed E-state index contributed by atoms with van der Waals surface area (Å²) in [6.07, 6.45) is 7.07. The Bertz CT molecular complexity index is 1470. The van der Waals surface area contributed by atoms with E-state index in [1.54, 1.807) is 28.9 Å². The van der Waals surface area contributed by atoms with Crippen molar-refractivity contribution in [3.63, 3.8) is 0 Å². The van der Waals surface area contributed by atoms with Crippen LogP contribution in [0.1, 0.15) is 35.7 Å². The van der Waals surface area contributed by atoms with Gasteiger partial charge in [0.2, 0.25) is 5.82 Å². The molecule has 0 bridgehead atoms. The van der Waals surface area contributed by atoms with E-state index in [2.05, 4.69) is 20.6 Å². The molecule has 0 spiro atoms. The topological polar surface area (TPSA) is 107 Å². The number of halogens is 3. The maximum absolute atomic E-state index is 14.7. The zero-order valence-corrected chi connectivity index (χ0v) is 21.2. The normalized spacial score (nSPS) is 13.6. The van der Waals surface area contributed by atoms with Crippen molar-refractivity contribution in [2.24, 2.45) is 5.73 Å². The van der Waals surface area contributed by atoms with Crippen molar-refractivity contribution in [1.29, 1.82) is 0 Å². The molecule has 0 unspecified atom stereocenters. The zero-order chi connectivity index (χ0) is 25.4. The molecule has 0 radical (unpaired) electrons. The average molecular weight is 529 g/mol. The van der Waals surface area contributed by atoms with Gasteiger partial charge in [0.25, 0.3) is 5.91 Å². The number of imidazole rings is 1. The van der Waals surface area contributed by atoms with Gasteiger partial charge < -0.3 is 21.1 Å². The molecule has 0 saturated heterocycles. The summed E-state index contributed by atoms with van der Waals surface area (Å²) in [4.78, 5) is 21.6. The third-order valence-corrected chi connectivity index (χ3v) is 6.59. The van der Waals surface area contributed by atoms with Gasteiger partial charge in [-0.25, -0.2) is 14.4 Å². The molecule has 4 aromatic rings. The molecular formula is C26H27ClF2N6O2.